The summed E-state index contributed by atoms with van der Waals surface area (Å²) in [5.41, 5.74) is 1.87. The van der Waals surface area contributed by atoms with Gasteiger partial charge in [-0.3, -0.25) is 4.21 Å². The molecule has 0 aromatic carbocycles. The summed E-state index contributed by atoms with van der Waals surface area (Å²) in [4.78, 5) is 14.4. The summed E-state index contributed by atoms with van der Waals surface area (Å²) in [7, 11) is -1.13. The van der Waals surface area contributed by atoms with Crippen LogP contribution in [0.2, 0.25) is 0 Å². The Morgan fingerprint density at radius 2 is 2.03 bits per heavy atom. The molecular formula is C21H26FN7OS. The zero-order valence-corrected chi connectivity index (χ0v) is 18.3. The zero-order valence-electron chi connectivity index (χ0n) is 17.5. The van der Waals surface area contributed by atoms with Crippen LogP contribution >= 0.6 is 0 Å². The van der Waals surface area contributed by atoms with Gasteiger partial charge >= 0.3 is 0 Å². The molecule has 1 fully saturated rings. The number of aromatic nitrogens is 4. The Labute approximate surface area is 183 Å². The Kier molecular flexibility index (Phi) is 6.86. The minimum Gasteiger partial charge on any atom is -0.367 e. The van der Waals surface area contributed by atoms with Crippen molar-refractivity contribution >= 4 is 28.3 Å². The van der Waals surface area contributed by atoms with Crippen LogP contribution in [-0.2, 0) is 17.2 Å². The van der Waals surface area contributed by atoms with Gasteiger partial charge < -0.3 is 15.1 Å². The maximum absolute atomic E-state index is 13.8. The fraction of sp³-hybridized carbons (Fsp3) is 0.429. The van der Waals surface area contributed by atoms with Crippen molar-refractivity contribution in [2.24, 2.45) is 0 Å². The minimum absolute atomic E-state index is 0.267. The van der Waals surface area contributed by atoms with Gasteiger partial charge in [0.25, 0.3) is 0 Å². The molecule has 1 unspecified atom stereocenters. The first-order chi connectivity index (χ1) is 15.2. The van der Waals surface area contributed by atoms with Crippen LogP contribution in [0, 0.1) is 0 Å². The van der Waals surface area contributed by atoms with Crippen LogP contribution in [0.15, 0.2) is 47.4 Å². The number of hydrogen-bond donors (Lipinski definition) is 1. The monoisotopic (exact) mass is 443 g/mol. The lowest BCUT2D eigenvalue weighted by atomic mass is 10.3. The quantitative estimate of drug-likeness (QED) is 0.653. The van der Waals surface area contributed by atoms with Crippen LogP contribution in [0.25, 0.3) is 0 Å². The van der Waals surface area contributed by atoms with Crippen LogP contribution < -0.4 is 15.1 Å². The van der Waals surface area contributed by atoms with Gasteiger partial charge in [0.15, 0.2) is 0 Å². The number of fused-ring (bicyclic) bond motifs is 1. The van der Waals surface area contributed by atoms with Gasteiger partial charge in [-0.25, -0.2) is 9.37 Å². The van der Waals surface area contributed by atoms with Crippen LogP contribution in [0.5, 0.6) is 0 Å². The fourth-order valence-electron chi connectivity index (χ4n) is 3.62. The highest BCUT2D eigenvalue weighted by atomic mass is 32.2. The van der Waals surface area contributed by atoms with Gasteiger partial charge in [-0.1, -0.05) is 13.0 Å². The molecule has 31 heavy (non-hydrogen) atoms. The fourth-order valence-corrected chi connectivity index (χ4v) is 4.95. The Hall–Kier alpha value is -2.88. The predicted molar refractivity (Wildman–Crippen MR) is 121 cm³/mol. The van der Waals surface area contributed by atoms with E-state index in [1.165, 1.54) is 12.2 Å². The van der Waals surface area contributed by atoms with Gasteiger partial charge in [0.1, 0.15) is 16.5 Å². The third kappa shape index (κ3) is 5.07. The number of hydrogen-bond acceptors (Lipinski definition) is 8. The highest BCUT2D eigenvalue weighted by molar-refractivity contribution is 7.85. The number of nitrogens with one attached hydrogen (secondary N) is 1. The average Bonchev–Trinajstić information content (AvgIpc) is 3.19. The van der Waals surface area contributed by atoms with Crippen molar-refractivity contribution in [1.82, 2.24) is 20.2 Å². The molecule has 2 aliphatic heterocycles. The largest absolute Gasteiger partial charge is 0.367 e. The van der Waals surface area contributed by atoms with Gasteiger partial charge in [0, 0.05) is 44.9 Å². The van der Waals surface area contributed by atoms with E-state index < -0.39 is 10.8 Å². The number of allylic oxidation sites excluding steroid dienone is 3. The Balaban J connectivity index is 1.48. The first kappa shape index (κ1) is 21.4. The first-order valence-electron chi connectivity index (χ1n) is 10.5. The molecule has 8 nitrogen and oxygen atoms in total. The third-order valence-electron chi connectivity index (χ3n) is 5.25. The first-order valence-corrected chi connectivity index (χ1v) is 11.8. The maximum atomic E-state index is 13.8. The smallest absolute Gasteiger partial charge is 0.227 e. The topological polar surface area (TPSA) is 87.1 Å². The van der Waals surface area contributed by atoms with Crippen molar-refractivity contribution in [2.75, 3.05) is 53.6 Å². The normalized spacial score (nSPS) is 19.2. The zero-order chi connectivity index (χ0) is 21.6. The lowest BCUT2D eigenvalue weighted by Crippen LogP contribution is -2.47. The molecule has 0 bridgehead atoms. The molecule has 4 rings (SSSR count). The maximum Gasteiger partial charge on any atom is 0.227 e. The van der Waals surface area contributed by atoms with Gasteiger partial charge in [-0.05, 0) is 24.6 Å². The van der Waals surface area contributed by atoms with Crippen LogP contribution in [0.1, 0.15) is 19.0 Å². The Bertz CT molecular complexity index is 991. The average molecular weight is 444 g/mol. The summed E-state index contributed by atoms with van der Waals surface area (Å²) in [6, 6.07) is 1.95. The van der Waals surface area contributed by atoms with Crippen LogP contribution in [-0.4, -0.2) is 62.9 Å². The molecule has 0 amide bonds. The van der Waals surface area contributed by atoms with Crippen molar-refractivity contribution < 1.29 is 8.60 Å². The molecule has 1 saturated heterocycles. The van der Waals surface area contributed by atoms with Crippen LogP contribution in [0.3, 0.4) is 0 Å². The third-order valence-corrected chi connectivity index (χ3v) is 6.71. The van der Waals surface area contributed by atoms with Gasteiger partial charge in [0.2, 0.25) is 5.95 Å². The van der Waals surface area contributed by atoms with E-state index in [9.17, 15) is 8.60 Å². The molecule has 164 valence electrons. The molecule has 10 heteroatoms. The number of piperazine rings is 1. The predicted octanol–water partition coefficient (Wildman–Crippen LogP) is 2.49. The second kappa shape index (κ2) is 9.95. The second-order valence-electron chi connectivity index (χ2n) is 7.30. The van der Waals surface area contributed by atoms with E-state index in [2.05, 4.69) is 30.3 Å². The van der Waals surface area contributed by atoms with E-state index in [1.54, 1.807) is 18.5 Å². The summed E-state index contributed by atoms with van der Waals surface area (Å²) in [6.07, 6.45) is 9.58. The lowest BCUT2D eigenvalue weighted by Gasteiger charge is -2.36. The Morgan fingerprint density at radius 3 is 2.77 bits per heavy atom. The molecule has 2 aromatic heterocycles. The SMILES string of the molecule is CC/C=C\C(F)=C/CNc1nc(N2CCN(c3ccnnc3)CC2)nc2c1S(=O)CC2. The minimum atomic E-state index is -1.13. The molecule has 4 heterocycles. The molecular weight excluding hydrogens is 417 g/mol. The molecule has 2 aliphatic rings. The van der Waals surface area contributed by atoms with Crippen molar-refractivity contribution in [3.05, 3.63) is 48.2 Å². The van der Waals surface area contributed by atoms with E-state index in [0.717, 1.165) is 44.0 Å². The summed E-state index contributed by atoms with van der Waals surface area (Å²) in [5, 5.41) is 10.9. The summed E-state index contributed by atoms with van der Waals surface area (Å²) in [5.74, 6) is 1.42. The van der Waals surface area contributed by atoms with Crippen molar-refractivity contribution in [3.63, 3.8) is 0 Å². The van der Waals surface area contributed by atoms with Crippen molar-refractivity contribution in [3.8, 4) is 0 Å². The number of aryl methyl sites for hydroxylation is 1. The highest BCUT2D eigenvalue weighted by Gasteiger charge is 2.28. The van der Waals surface area contributed by atoms with E-state index in [4.69, 9.17) is 4.98 Å². The number of halogens is 1. The summed E-state index contributed by atoms with van der Waals surface area (Å²) in [6.45, 7) is 5.39. The molecule has 0 spiro atoms. The van der Waals surface area contributed by atoms with Gasteiger partial charge in [0.05, 0.1) is 34.6 Å². The summed E-state index contributed by atoms with van der Waals surface area (Å²) >= 11 is 0. The molecule has 1 N–H and O–H groups in total. The lowest BCUT2D eigenvalue weighted by molar-refractivity contribution is 0.636. The molecule has 0 aliphatic carbocycles. The summed E-state index contributed by atoms with van der Waals surface area (Å²) < 4.78 is 26.3. The van der Waals surface area contributed by atoms with Crippen LogP contribution in [0.4, 0.5) is 21.8 Å². The number of nitrogens with zero attached hydrogens (tertiary/aromatic N) is 6. The van der Waals surface area contributed by atoms with E-state index >= 15 is 0 Å². The second-order valence-corrected chi connectivity index (χ2v) is 8.81. The van der Waals surface area contributed by atoms with E-state index in [-0.39, 0.29) is 12.4 Å². The Morgan fingerprint density at radius 1 is 1.23 bits per heavy atom. The molecule has 2 aromatic rings. The standard InChI is InChI=1S/C21H26FN7OS/c1-2-3-4-16(22)5-8-23-20-19-18(7-14-31(19)30)26-21(27-20)29-12-10-28(11-13-29)17-6-9-24-25-15-17/h3-6,9,15H,2,7-8,10-14H2,1H3,(H,23,26,27)/b4-3-,16-5+. The number of anilines is 3. The molecule has 0 radical (unpaired) electrons. The van der Waals surface area contributed by atoms with E-state index in [0.29, 0.717) is 28.8 Å². The van der Waals surface area contributed by atoms with Crippen molar-refractivity contribution in [2.45, 2.75) is 24.7 Å². The molecule has 1 atom stereocenters. The van der Waals surface area contributed by atoms with Crippen molar-refractivity contribution in [1.29, 1.82) is 0 Å². The van der Waals surface area contributed by atoms with Gasteiger partial charge in [-0.2, -0.15) is 15.2 Å². The number of rotatable bonds is 7. The molecule has 0 saturated carbocycles. The van der Waals surface area contributed by atoms with Gasteiger partial charge in [-0.15, -0.1) is 0 Å². The highest BCUT2D eigenvalue weighted by Crippen LogP contribution is 2.30. The van der Waals surface area contributed by atoms with E-state index in [1.807, 2.05) is 13.0 Å².